The number of nitrogens with zero attached hydrogens (tertiary/aromatic N) is 1. The van der Waals surface area contributed by atoms with Crippen LogP contribution in [0.15, 0.2) is 54.8 Å². The van der Waals surface area contributed by atoms with Gasteiger partial charge >= 0.3 is 5.97 Å². The predicted octanol–water partition coefficient (Wildman–Crippen LogP) is 4.89. The van der Waals surface area contributed by atoms with Crippen LogP contribution in [0.3, 0.4) is 0 Å². The lowest BCUT2D eigenvalue weighted by Gasteiger charge is -2.41. The molecule has 0 amide bonds. The fourth-order valence-electron chi connectivity index (χ4n) is 4.49. The van der Waals surface area contributed by atoms with E-state index in [9.17, 15) is 9.59 Å². The molecule has 5 rings (SSSR count). The maximum absolute atomic E-state index is 13.3. The standard InChI is InChI=1S/C25H23NO5S/c1-14-20(31-25(28)15-7-9-16(29-2)10-8-15)12-11-17-22(27)18(13-30-23(14)17)24-26-19-5-3-4-6-21(19)32-24/h3-10,13-14,17,20,23H,11-12H2,1-2H3. The van der Waals surface area contributed by atoms with E-state index in [0.717, 1.165) is 10.2 Å². The van der Waals surface area contributed by atoms with Crippen molar-refractivity contribution >= 4 is 38.9 Å². The minimum absolute atomic E-state index is 0.0621. The second-order valence-corrected chi connectivity index (χ2v) is 9.23. The van der Waals surface area contributed by atoms with Gasteiger partial charge < -0.3 is 14.2 Å². The summed E-state index contributed by atoms with van der Waals surface area (Å²) < 4.78 is 18.0. The van der Waals surface area contributed by atoms with E-state index in [2.05, 4.69) is 4.98 Å². The highest BCUT2D eigenvalue weighted by Crippen LogP contribution is 2.41. The quantitative estimate of drug-likeness (QED) is 0.528. The number of carbonyl (C=O) groups excluding carboxylic acids is 2. The normalized spacial score (nSPS) is 24.9. The summed E-state index contributed by atoms with van der Waals surface area (Å²) >= 11 is 1.50. The van der Waals surface area contributed by atoms with Crippen LogP contribution in [0.5, 0.6) is 5.75 Å². The van der Waals surface area contributed by atoms with Crippen molar-refractivity contribution in [3.8, 4) is 5.75 Å². The molecule has 32 heavy (non-hydrogen) atoms. The van der Waals surface area contributed by atoms with Gasteiger partial charge in [0.2, 0.25) is 0 Å². The number of hydrogen-bond donors (Lipinski definition) is 0. The minimum Gasteiger partial charge on any atom is -0.497 e. The van der Waals surface area contributed by atoms with Crippen LogP contribution in [-0.2, 0) is 14.3 Å². The molecule has 164 valence electrons. The lowest BCUT2D eigenvalue weighted by Crippen LogP contribution is -2.48. The largest absolute Gasteiger partial charge is 0.497 e. The van der Waals surface area contributed by atoms with E-state index in [1.807, 2.05) is 31.2 Å². The van der Waals surface area contributed by atoms with E-state index >= 15 is 0 Å². The Morgan fingerprint density at radius 1 is 1.12 bits per heavy atom. The van der Waals surface area contributed by atoms with Gasteiger partial charge in [0.05, 0.1) is 40.6 Å². The van der Waals surface area contributed by atoms with Crippen LogP contribution in [-0.4, -0.2) is 36.1 Å². The molecule has 0 radical (unpaired) electrons. The van der Waals surface area contributed by atoms with Crippen molar-refractivity contribution in [1.82, 2.24) is 4.98 Å². The van der Waals surface area contributed by atoms with Crippen molar-refractivity contribution in [2.75, 3.05) is 7.11 Å². The van der Waals surface area contributed by atoms with E-state index in [4.69, 9.17) is 14.2 Å². The Labute approximate surface area is 189 Å². The number of rotatable bonds is 4. The molecule has 7 heteroatoms. The van der Waals surface area contributed by atoms with Gasteiger partial charge in [-0.1, -0.05) is 19.1 Å². The number of ether oxygens (including phenoxy) is 3. The van der Waals surface area contributed by atoms with Gasteiger partial charge in [-0.2, -0.15) is 0 Å². The molecule has 1 aliphatic heterocycles. The van der Waals surface area contributed by atoms with E-state index in [1.165, 1.54) is 11.3 Å². The first-order valence-corrected chi connectivity index (χ1v) is 11.5. The average molecular weight is 450 g/mol. The highest BCUT2D eigenvalue weighted by Gasteiger charge is 2.46. The Morgan fingerprint density at radius 2 is 1.91 bits per heavy atom. The van der Waals surface area contributed by atoms with Crippen molar-refractivity contribution in [3.05, 3.63) is 65.4 Å². The molecule has 1 aromatic heterocycles. The summed E-state index contributed by atoms with van der Waals surface area (Å²) in [6, 6.07) is 14.7. The van der Waals surface area contributed by atoms with Gasteiger partial charge in [-0.3, -0.25) is 4.79 Å². The number of hydrogen-bond acceptors (Lipinski definition) is 7. The minimum atomic E-state index is -0.379. The lowest BCUT2D eigenvalue weighted by molar-refractivity contribution is -0.131. The predicted molar refractivity (Wildman–Crippen MR) is 122 cm³/mol. The van der Waals surface area contributed by atoms with E-state index in [1.54, 1.807) is 37.6 Å². The average Bonchev–Trinajstić information content (AvgIpc) is 3.25. The van der Waals surface area contributed by atoms with Crippen LogP contribution in [0.25, 0.3) is 15.8 Å². The number of fused-ring (bicyclic) bond motifs is 2. The van der Waals surface area contributed by atoms with Gasteiger partial charge in [-0.05, 0) is 49.2 Å². The fourth-order valence-corrected chi connectivity index (χ4v) is 5.47. The topological polar surface area (TPSA) is 74.7 Å². The van der Waals surface area contributed by atoms with Crippen LogP contribution >= 0.6 is 11.3 Å². The second-order valence-electron chi connectivity index (χ2n) is 8.20. The fraction of sp³-hybridized carbons (Fsp3) is 0.320. The van der Waals surface area contributed by atoms with Crippen molar-refractivity contribution in [2.45, 2.75) is 32.0 Å². The summed E-state index contributed by atoms with van der Waals surface area (Å²) in [6.45, 7) is 1.98. The zero-order valence-corrected chi connectivity index (χ0v) is 18.6. The van der Waals surface area contributed by atoms with E-state index < -0.39 is 0 Å². The Morgan fingerprint density at radius 3 is 2.66 bits per heavy atom. The second kappa shape index (κ2) is 8.39. The molecule has 3 aromatic rings. The number of allylic oxidation sites excluding steroid dienone is 1. The third kappa shape index (κ3) is 3.66. The molecule has 6 nitrogen and oxygen atoms in total. The Balaban J connectivity index is 1.31. The molecule has 0 spiro atoms. The number of thiazole rings is 1. The van der Waals surface area contributed by atoms with Crippen molar-refractivity contribution in [2.24, 2.45) is 11.8 Å². The molecule has 0 bridgehead atoms. The monoisotopic (exact) mass is 449 g/mol. The zero-order valence-electron chi connectivity index (χ0n) is 17.8. The van der Waals surface area contributed by atoms with E-state index in [-0.39, 0.29) is 35.8 Å². The number of esters is 1. The van der Waals surface area contributed by atoms with Gasteiger partial charge in [0.1, 0.15) is 23.0 Å². The number of aromatic nitrogens is 1. The summed E-state index contributed by atoms with van der Waals surface area (Å²) in [4.78, 5) is 30.5. The summed E-state index contributed by atoms with van der Waals surface area (Å²) in [5.41, 5.74) is 1.89. The molecule has 1 saturated carbocycles. The molecular weight excluding hydrogens is 426 g/mol. The maximum atomic E-state index is 13.3. The molecular formula is C25H23NO5S. The van der Waals surface area contributed by atoms with Crippen molar-refractivity contribution in [3.63, 3.8) is 0 Å². The zero-order chi connectivity index (χ0) is 22.2. The van der Waals surface area contributed by atoms with Gasteiger partial charge in [-0.15, -0.1) is 11.3 Å². The smallest absolute Gasteiger partial charge is 0.338 e. The van der Waals surface area contributed by atoms with Crippen molar-refractivity contribution in [1.29, 1.82) is 0 Å². The number of para-hydroxylation sites is 1. The molecule has 0 saturated heterocycles. The molecule has 2 heterocycles. The summed E-state index contributed by atoms with van der Waals surface area (Å²) in [7, 11) is 1.58. The van der Waals surface area contributed by atoms with Gasteiger partial charge in [0, 0.05) is 5.92 Å². The molecule has 1 fully saturated rings. The van der Waals surface area contributed by atoms with Gasteiger partial charge in [0.25, 0.3) is 0 Å². The SMILES string of the molecule is COc1ccc(C(=O)OC2CCC3C(=O)C(c4nc5ccccc5s4)=COC3C2C)cc1. The lowest BCUT2D eigenvalue weighted by atomic mass is 9.73. The molecule has 2 aromatic carbocycles. The highest BCUT2D eigenvalue weighted by atomic mass is 32.1. The summed E-state index contributed by atoms with van der Waals surface area (Å²) in [6.07, 6.45) is 2.15. The first kappa shape index (κ1) is 20.7. The molecule has 4 unspecified atom stereocenters. The van der Waals surface area contributed by atoms with Crippen LogP contribution in [0.1, 0.15) is 35.1 Å². The Bertz CT molecular complexity index is 1170. The Hall–Kier alpha value is -3.19. The number of carbonyl (C=O) groups is 2. The van der Waals surface area contributed by atoms with E-state index in [0.29, 0.717) is 34.7 Å². The number of ketones is 1. The molecule has 4 atom stereocenters. The first-order chi connectivity index (χ1) is 15.5. The number of benzene rings is 2. The molecule has 1 aliphatic carbocycles. The maximum Gasteiger partial charge on any atom is 0.338 e. The summed E-state index contributed by atoms with van der Waals surface area (Å²) in [5, 5.41) is 0.690. The van der Waals surface area contributed by atoms with Gasteiger partial charge in [0.15, 0.2) is 5.78 Å². The van der Waals surface area contributed by atoms with Crippen LogP contribution in [0, 0.1) is 11.8 Å². The molecule has 2 aliphatic rings. The van der Waals surface area contributed by atoms with Crippen molar-refractivity contribution < 1.29 is 23.8 Å². The molecule has 0 N–H and O–H groups in total. The van der Waals surface area contributed by atoms with Crippen LogP contribution in [0.4, 0.5) is 0 Å². The van der Waals surface area contributed by atoms with Crippen LogP contribution < -0.4 is 4.74 Å². The summed E-state index contributed by atoms with van der Waals surface area (Å²) in [5.74, 6) is 0.00385. The third-order valence-electron chi connectivity index (χ3n) is 6.32. The number of methoxy groups -OCH3 is 1. The van der Waals surface area contributed by atoms with Gasteiger partial charge in [-0.25, -0.2) is 9.78 Å². The third-order valence-corrected chi connectivity index (χ3v) is 7.39. The van der Waals surface area contributed by atoms with Crippen LogP contribution in [0.2, 0.25) is 0 Å². The first-order valence-electron chi connectivity index (χ1n) is 10.7. The number of Topliss-reactive ketones (excluding diaryl/α,β-unsaturated/α-hetero) is 1. The Kier molecular flexibility index (Phi) is 5.43. The highest BCUT2D eigenvalue weighted by molar-refractivity contribution is 7.19.